The Balaban J connectivity index is 0.00000208. The van der Waals surface area contributed by atoms with E-state index < -0.39 is 0 Å². The number of thiazole rings is 1. The molecule has 4 rings (SSSR count). The summed E-state index contributed by atoms with van der Waals surface area (Å²) in [5.41, 5.74) is 1.16. The van der Waals surface area contributed by atoms with Gasteiger partial charge < -0.3 is 10.6 Å². The molecule has 3 fully saturated rings. The van der Waals surface area contributed by atoms with Crippen LogP contribution in [-0.4, -0.2) is 79.6 Å². The quantitative estimate of drug-likeness (QED) is 0.388. The van der Waals surface area contributed by atoms with Gasteiger partial charge in [-0.15, -0.1) is 35.3 Å². The minimum Gasteiger partial charge on any atom is -0.356 e. The summed E-state index contributed by atoms with van der Waals surface area (Å²) in [5.74, 6) is 0.896. The van der Waals surface area contributed by atoms with E-state index in [1.807, 2.05) is 7.05 Å². The third-order valence-electron chi connectivity index (χ3n) is 4.83. The molecule has 0 spiro atoms. The highest BCUT2D eigenvalue weighted by Crippen LogP contribution is 2.16. The maximum atomic E-state index is 4.58. The summed E-state index contributed by atoms with van der Waals surface area (Å²) in [6.45, 7) is 12.1. The van der Waals surface area contributed by atoms with Crippen molar-refractivity contribution in [1.29, 1.82) is 0 Å². The fourth-order valence-corrected chi connectivity index (χ4v) is 4.22. The van der Waals surface area contributed by atoms with Crippen LogP contribution in [0.25, 0.3) is 0 Å². The monoisotopic (exact) mass is 464 g/mol. The standard InChI is InChI=1S/C16H28N6S.HI/c1-12-13(2)23-15(20-12)4-5-18-16(17-3)19-10-14-11-21-6-8-22(14)9-7-21;/h14H,4-11H2,1-3H3,(H2,17,18,19);1H. The summed E-state index contributed by atoms with van der Waals surface area (Å²) in [5, 5.41) is 8.08. The Labute approximate surface area is 166 Å². The molecular formula is C16H29IN6S. The summed E-state index contributed by atoms with van der Waals surface area (Å²) in [7, 11) is 1.84. The third-order valence-corrected chi connectivity index (χ3v) is 5.96. The lowest BCUT2D eigenvalue weighted by Crippen LogP contribution is -2.63. The van der Waals surface area contributed by atoms with Crippen LogP contribution >= 0.6 is 35.3 Å². The van der Waals surface area contributed by atoms with E-state index in [1.54, 1.807) is 11.3 Å². The van der Waals surface area contributed by atoms with Crippen LogP contribution < -0.4 is 10.6 Å². The maximum Gasteiger partial charge on any atom is 0.191 e. The average molecular weight is 464 g/mol. The van der Waals surface area contributed by atoms with Crippen molar-refractivity contribution < 1.29 is 0 Å². The Bertz CT molecular complexity index is 533. The third kappa shape index (κ3) is 5.03. The molecule has 24 heavy (non-hydrogen) atoms. The van der Waals surface area contributed by atoms with Gasteiger partial charge in [-0.2, -0.15) is 0 Å². The lowest BCUT2D eigenvalue weighted by Gasteiger charge is -2.47. The fraction of sp³-hybridized carbons (Fsp3) is 0.750. The number of aromatic nitrogens is 1. The summed E-state index contributed by atoms with van der Waals surface area (Å²) in [4.78, 5) is 15.4. The molecule has 1 unspecified atom stereocenters. The van der Waals surface area contributed by atoms with Crippen LogP contribution in [0.15, 0.2) is 4.99 Å². The number of guanidine groups is 1. The molecule has 1 atom stereocenters. The lowest BCUT2D eigenvalue weighted by atomic mass is 10.1. The van der Waals surface area contributed by atoms with Gasteiger partial charge in [0.25, 0.3) is 0 Å². The topological polar surface area (TPSA) is 55.8 Å². The summed E-state index contributed by atoms with van der Waals surface area (Å²) < 4.78 is 0. The van der Waals surface area contributed by atoms with Gasteiger partial charge in [-0.1, -0.05) is 0 Å². The molecule has 3 aliphatic heterocycles. The second-order valence-corrected chi connectivity index (χ2v) is 7.66. The number of piperazine rings is 3. The predicted octanol–water partition coefficient (Wildman–Crippen LogP) is 1.09. The number of aryl methyl sites for hydroxylation is 2. The number of hydrogen-bond acceptors (Lipinski definition) is 5. The van der Waals surface area contributed by atoms with Crippen LogP contribution in [0.4, 0.5) is 0 Å². The van der Waals surface area contributed by atoms with Gasteiger partial charge in [-0.05, 0) is 13.8 Å². The minimum atomic E-state index is 0. The summed E-state index contributed by atoms with van der Waals surface area (Å²) in [6, 6.07) is 0.611. The van der Waals surface area contributed by atoms with E-state index in [4.69, 9.17) is 0 Å². The molecule has 4 heterocycles. The maximum absolute atomic E-state index is 4.58. The Kier molecular flexibility index (Phi) is 7.70. The van der Waals surface area contributed by atoms with Gasteiger partial charge in [0.2, 0.25) is 0 Å². The fourth-order valence-electron chi connectivity index (χ4n) is 3.29. The number of fused-ring (bicyclic) bond motifs is 3. The molecule has 0 amide bonds. The van der Waals surface area contributed by atoms with Crippen LogP contribution in [-0.2, 0) is 6.42 Å². The van der Waals surface area contributed by atoms with Crippen molar-refractivity contribution in [1.82, 2.24) is 25.4 Å². The zero-order valence-corrected chi connectivity index (χ0v) is 18.0. The Morgan fingerprint density at radius 3 is 2.54 bits per heavy atom. The van der Waals surface area contributed by atoms with Crippen molar-refractivity contribution in [2.45, 2.75) is 26.3 Å². The van der Waals surface area contributed by atoms with Crippen LogP contribution in [0.2, 0.25) is 0 Å². The van der Waals surface area contributed by atoms with Crippen LogP contribution in [0.5, 0.6) is 0 Å². The van der Waals surface area contributed by atoms with E-state index in [0.29, 0.717) is 6.04 Å². The average Bonchev–Trinajstić information content (AvgIpc) is 2.90. The Morgan fingerprint density at radius 1 is 1.25 bits per heavy atom. The number of aliphatic imine (C=N–C) groups is 1. The van der Waals surface area contributed by atoms with Crippen molar-refractivity contribution >= 4 is 41.3 Å². The molecular weight excluding hydrogens is 435 g/mol. The van der Waals surface area contributed by atoms with Gasteiger partial charge >= 0.3 is 0 Å². The highest BCUT2D eigenvalue weighted by molar-refractivity contribution is 14.0. The molecule has 3 aliphatic rings. The minimum absolute atomic E-state index is 0. The smallest absolute Gasteiger partial charge is 0.191 e. The molecule has 136 valence electrons. The van der Waals surface area contributed by atoms with Gasteiger partial charge in [-0.3, -0.25) is 14.8 Å². The highest BCUT2D eigenvalue weighted by Gasteiger charge is 2.31. The van der Waals surface area contributed by atoms with Gasteiger partial charge in [-0.25, -0.2) is 4.98 Å². The van der Waals surface area contributed by atoms with Crippen molar-refractivity contribution in [3.8, 4) is 0 Å². The number of nitrogens with zero attached hydrogens (tertiary/aromatic N) is 4. The molecule has 8 heteroatoms. The van der Waals surface area contributed by atoms with E-state index in [9.17, 15) is 0 Å². The van der Waals surface area contributed by atoms with Gasteiger partial charge in [0.1, 0.15) is 0 Å². The SMILES string of the molecule is CN=C(NCCc1nc(C)c(C)s1)NCC1CN2CCN1CC2.I. The molecule has 0 aliphatic carbocycles. The predicted molar refractivity (Wildman–Crippen MR) is 112 cm³/mol. The summed E-state index contributed by atoms with van der Waals surface area (Å²) in [6.07, 6.45) is 0.948. The van der Waals surface area contributed by atoms with E-state index in [0.717, 1.165) is 31.2 Å². The molecule has 1 aromatic rings. The molecule has 2 bridgehead atoms. The first-order valence-electron chi connectivity index (χ1n) is 8.49. The van der Waals surface area contributed by atoms with Crippen molar-refractivity contribution in [2.24, 2.45) is 4.99 Å². The first-order valence-corrected chi connectivity index (χ1v) is 9.31. The van der Waals surface area contributed by atoms with E-state index in [2.05, 4.69) is 44.3 Å². The Hall–Kier alpha value is -0.450. The zero-order valence-electron chi connectivity index (χ0n) is 14.8. The molecule has 0 aromatic carbocycles. The molecule has 1 aromatic heterocycles. The first-order chi connectivity index (χ1) is 11.2. The largest absolute Gasteiger partial charge is 0.356 e. The highest BCUT2D eigenvalue weighted by atomic mass is 127. The number of halogens is 1. The van der Waals surface area contributed by atoms with Gasteiger partial charge in [0.05, 0.1) is 10.7 Å². The van der Waals surface area contributed by atoms with Crippen LogP contribution in [0, 0.1) is 13.8 Å². The van der Waals surface area contributed by atoms with Crippen molar-refractivity contribution in [3.05, 3.63) is 15.6 Å². The first kappa shape index (κ1) is 19.9. The van der Waals surface area contributed by atoms with Crippen LogP contribution in [0.3, 0.4) is 0 Å². The number of nitrogens with one attached hydrogen (secondary N) is 2. The van der Waals surface area contributed by atoms with Crippen molar-refractivity contribution in [2.75, 3.05) is 52.9 Å². The zero-order chi connectivity index (χ0) is 16.2. The Morgan fingerprint density at radius 2 is 2.00 bits per heavy atom. The number of hydrogen-bond donors (Lipinski definition) is 2. The van der Waals surface area contributed by atoms with Crippen molar-refractivity contribution in [3.63, 3.8) is 0 Å². The van der Waals surface area contributed by atoms with Gasteiger partial charge in [0, 0.05) is 70.2 Å². The van der Waals surface area contributed by atoms with E-state index in [-0.39, 0.29) is 24.0 Å². The molecule has 2 N–H and O–H groups in total. The molecule has 0 saturated carbocycles. The molecule has 6 nitrogen and oxygen atoms in total. The molecule has 3 saturated heterocycles. The second kappa shape index (κ2) is 9.30. The van der Waals surface area contributed by atoms with Crippen LogP contribution in [0.1, 0.15) is 15.6 Å². The number of rotatable bonds is 5. The normalized spacial score (nSPS) is 26.1. The van der Waals surface area contributed by atoms with Gasteiger partial charge in [0.15, 0.2) is 5.96 Å². The lowest BCUT2D eigenvalue weighted by molar-refractivity contribution is 0.0154. The summed E-state index contributed by atoms with van der Waals surface area (Å²) >= 11 is 1.79. The second-order valence-electron chi connectivity index (χ2n) is 6.37. The van der Waals surface area contributed by atoms with E-state index in [1.165, 1.54) is 42.6 Å². The molecule has 0 radical (unpaired) electrons. The van der Waals surface area contributed by atoms with E-state index >= 15 is 0 Å².